The van der Waals surface area contributed by atoms with Crippen molar-refractivity contribution in [2.24, 2.45) is 0 Å². The van der Waals surface area contributed by atoms with Crippen LogP contribution in [0.4, 0.5) is 5.69 Å². The maximum absolute atomic E-state index is 12.3. The van der Waals surface area contributed by atoms with Crippen LogP contribution in [0.25, 0.3) is 0 Å². The minimum Gasteiger partial charge on any atom is -0.480 e. The van der Waals surface area contributed by atoms with E-state index in [2.05, 4.69) is 5.32 Å². The van der Waals surface area contributed by atoms with E-state index in [9.17, 15) is 14.7 Å². The van der Waals surface area contributed by atoms with E-state index in [1.54, 1.807) is 12.1 Å². The number of anilines is 1. The number of rotatable bonds is 3. The van der Waals surface area contributed by atoms with Crippen molar-refractivity contribution in [3.05, 3.63) is 29.3 Å². The van der Waals surface area contributed by atoms with Crippen LogP contribution in [0.1, 0.15) is 48.0 Å². The summed E-state index contributed by atoms with van der Waals surface area (Å²) in [6, 6.07) is 5.17. The number of hydrogen-bond acceptors (Lipinski definition) is 3. The van der Waals surface area contributed by atoms with Gasteiger partial charge in [-0.2, -0.15) is 0 Å². The monoisotopic (exact) mass is 276 g/mol. The molecule has 5 heteroatoms. The Morgan fingerprint density at radius 1 is 1.25 bits per heavy atom. The van der Waals surface area contributed by atoms with Crippen molar-refractivity contribution in [2.45, 2.75) is 44.6 Å². The summed E-state index contributed by atoms with van der Waals surface area (Å²) in [5, 5.41) is 12.2. The average molecular weight is 276 g/mol. The van der Waals surface area contributed by atoms with Crippen LogP contribution in [0.15, 0.2) is 18.2 Å². The van der Waals surface area contributed by atoms with Gasteiger partial charge < -0.3 is 16.2 Å². The summed E-state index contributed by atoms with van der Waals surface area (Å²) >= 11 is 0. The van der Waals surface area contributed by atoms with Gasteiger partial charge in [0.25, 0.3) is 5.91 Å². The zero-order valence-electron chi connectivity index (χ0n) is 11.6. The molecule has 1 aliphatic rings. The number of nitrogens with two attached hydrogens (primary N) is 1. The zero-order valence-corrected chi connectivity index (χ0v) is 11.6. The van der Waals surface area contributed by atoms with Gasteiger partial charge in [-0.3, -0.25) is 4.79 Å². The molecule has 20 heavy (non-hydrogen) atoms. The molecule has 0 heterocycles. The van der Waals surface area contributed by atoms with Gasteiger partial charge in [0, 0.05) is 5.69 Å². The van der Waals surface area contributed by atoms with Gasteiger partial charge in [0.15, 0.2) is 0 Å². The van der Waals surface area contributed by atoms with E-state index in [1.165, 1.54) is 0 Å². The van der Waals surface area contributed by atoms with Crippen molar-refractivity contribution < 1.29 is 14.7 Å². The molecule has 0 radical (unpaired) electrons. The maximum Gasteiger partial charge on any atom is 0.329 e. The molecule has 0 spiro atoms. The lowest BCUT2D eigenvalue weighted by Gasteiger charge is -2.34. The Hall–Kier alpha value is -2.04. The second-order valence-corrected chi connectivity index (χ2v) is 5.49. The molecule has 2 rings (SSSR count). The number of carboxylic acid groups (broad SMARTS) is 1. The fraction of sp³-hybridized carbons (Fsp3) is 0.467. The lowest BCUT2D eigenvalue weighted by Crippen LogP contribution is -2.55. The summed E-state index contributed by atoms with van der Waals surface area (Å²) in [6.07, 6.45) is 3.59. The van der Waals surface area contributed by atoms with E-state index in [1.807, 2.05) is 13.0 Å². The predicted octanol–water partition coefficient (Wildman–Crippen LogP) is 2.09. The molecule has 0 aliphatic heterocycles. The smallest absolute Gasteiger partial charge is 0.329 e. The van der Waals surface area contributed by atoms with E-state index >= 15 is 0 Å². The first-order valence-electron chi connectivity index (χ1n) is 6.87. The quantitative estimate of drug-likeness (QED) is 0.737. The van der Waals surface area contributed by atoms with Crippen LogP contribution in [0.2, 0.25) is 0 Å². The van der Waals surface area contributed by atoms with E-state index in [4.69, 9.17) is 5.73 Å². The van der Waals surface area contributed by atoms with Crippen LogP contribution in [-0.2, 0) is 4.79 Å². The normalized spacial score (nSPS) is 17.4. The molecule has 1 aromatic rings. The van der Waals surface area contributed by atoms with E-state index < -0.39 is 17.4 Å². The third-order valence-electron chi connectivity index (χ3n) is 3.92. The number of amides is 1. The molecule has 0 atom stereocenters. The van der Waals surface area contributed by atoms with Crippen molar-refractivity contribution >= 4 is 17.6 Å². The van der Waals surface area contributed by atoms with Crippen molar-refractivity contribution in [3.8, 4) is 0 Å². The Morgan fingerprint density at radius 2 is 1.90 bits per heavy atom. The van der Waals surface area contributed by atoms with Crippen molar-refractivity contribution in [2.75, 3.05) is 5.73 Å². The first-order valence-corrected chi connectivity index (χ1v) is 6.87. The highest BCUT2D eigenvalue weighted by atomic mass is 16.4. The van der Waals surface area contributed by atoms with Crippen LogP contribution in [0, 0.1) is 6.92 Å². The molecule has 108 valence electrons. The standard InChI is InChI=1S/C15H20N2O3/c1-10-5-6-12(16)11(9-10)13(18)17-15(14(19)20)7-3-2-4-8-15/h5-6,9H,2-4,7-8,16H2,1H3,(H,17,18)(H,19,20). The van der Waals surface area contributed by atoms with Gasteiger partial charge in [-0.05, 0) is 31.9 Å². The summed E-state index contributed by atoms with van der Waals surface area (Å²) in [5.74, 6) is -1.37. The van der Waals surface area contributed by atoms with Gasteiger partial charge in [-0.15, -0.1) is 0 Å². The Labute approximate surface area is 118 Å². The van der Waals surface area contributed by atoms with Gasteiger partial charge in [0.2, 0.25) is 0 Å². The average Bonchev–Trinajstić information content (AvgIpc) is 2.42. The second kappa shape index (κ2) is 5.53. The largest absolute Gasteiger partial charge is 0.480 e. The second-order valence-electron chi connectivity index (χ2n) is 5.49. The maximum atomic E-state index is 12.3. The molecule has 5 nitrogen and oxygen atoms in total. The van der Waals surface area contributed by atoms with Crippen molar-refractivity contribution in [3.63, 3.8) is 0 Å². The zero-order chi connectivity index (χ0) is 14.8. The minimum absolute atomic E-state index is 0.344. The molecular formula is C15H20N2O3. The van der Waals surface area contributed by atoms with E-state index in [0.717, 1.165) is 24.8 Å². The highest BCUT2D eigenvalue weighted by Gasteiger charge is 2.41. The number of nitrogen functional groups attached to an aromatic ring is 1. The third kappa shape index (κ3) is 2.76. The number of carboxylic acids is 1. The third-order valence-corrected chi connectivity index (χ3v) is 3.92. The number of hydrogen-bond donors (Lipinski definition) is 3. The lowest BCUT2D eigenvalue weighted by atomic mass is 9.81. The van der Waals surface area contributed by atoms with Crippen LogP contribution in [0.3, 0.4) is 0 Å². The first kappa shape index (κ1) is 14.4. The van der Waals surface area contributed by atoms with Gasteiger partial charge >= 0.3 is 5.97 Å². The molecule has 1 fully saturated rings. The molecule has 1 amide bonds. The van der Waals surface area contributed by atoms with Gasteiger partial charge in [0.05, 0.1) is 5.56 Å². The SMILES string of the molecule is Cc1ccc(N)c(C(=O)NC2(C(=O)O)CCCCC2)c1. The number of aliphatic carboxylic acids is 1. The Balaban J connectivity index is 2.24. The number of carbonyl (C=O) groups is 2. The summed E-state index contributed by atoms with van der Waals surface area (Å²) in [7, 11) is 0. The first-order chi connectivity index (χ1) is 9.44. The molecule has 1 aliphatic carbocycles. The number of nitrogens with one attached hydrogen (secondary N) is 1. The molecule has 0 saturated heterocycles. The van der Waals surface area contributed by atoms with Crippen molar-refractivity contribution in [1.29, 1.82) is 0 Å². The topological polar surface area (TPSA) is 92.4 Å². The highest BCUT2D eigenvalue weighted by Crippen LogP contribution is 2.29. The van der Waals surface area contributed by atoms with Crippen LogP contribution < -0.4 is 11.1 Å². The summed E-state index contributed by atoms with van der Waals surface area (Å²) in [6.45, 7) is 1.86. The molecular weight excluding hydrogens is 256 g/mol. The Morgan fingerprint density at radius 3 is 2.50 bits per heavy atom. The fourth-order valence-electron chi connectivity index (χ4n) is 2.70. The highest BCUT2D eigenvalue weighted by molar-refractivity contribution is 6.01. The van der Waals surface area contributed by atoms with E-state index in [-0.39, 0.29) is 0 Å². The van der Waals surface area contributed by atoms with Crippen LogP contribution in [0.5, 0.6) is 0 Å². The number of benzene rings is 1. The molecule has 0 aromatic heterocycles. The summed E-state index contributed by atoms with van der Waals surface area (Å²) < 4.78 is 0. The van der Waals surface area contributed by atoms with Crippen LogP contribution in [-0.4, -0.2) is 22.5 Å². The van der Waals surface area contributed by atoms with Gasteiger partial charge in [-0.25, -0.2) is 4.79 Å². The summed E-state index contributed by atoms with van der Waals surface area (Å²) in [4.78, 5) is 23.9. The number of aryl methyl sites for hydroxylation is 1. The molecule has 1 aromatic carbocycles. The molecule has 1 saturated carbocycles. The van der Waals surface area contributed by atoms with Gasteiger partial charge in [-0.1, -0.05) is 30.9 Å². The van der Waals surface area contributed by atoms with Crippen molar-refractivity contribution in [1.82, 2.24) is 5.32 Å². The Bertz CT molecular complexity index is 534. The summed E-state index contributed by atoms with van der Waals surface area (Å²) in [5.41, 5.74) is 6.28. The van der Waals surface area contributed by atoms with Crippen LogP contribution >= 0.6 is 0 Å². The minimum atomic E-state index is -1.15. The molecule has 0 bridgehead atoms. The predicted molar refractivity (Wildman–Crippen MR) is 76.5 cm³/mol. The molecule has 4 N–H and O–H groups in total. The fourth-order valence-corrected chi connectivity index (χ4v) is 2.70. The van der Waals surface area contributed by atoms with Gasteiger partial charge in [0.1, 0.15) is 5.54 Å². The number of carbonyl (C=O) groups excluding carboxylic acids is 1. The molecule has 0 unspecified atom stereocenters. The van der Waals surface area contributed by atoms with E-state index in [0.29, 0.717) is 24.1 Å². The Kier molecular flexibility index (Phi) is 3.97. The lowest BCUT2D eigenvalue weighted by molar-refractivity contribution is -0.145.